The fourth-order valence-corrected chi connectivity index (χ4v) is 1.51. The first kappa shape index (κ1) is 11.2. The second-order valence-corrected chi connectivity index (χ2v) is 3.55. The van der Waals surface area contributed by atoms with Gasteiger partial charge in [0.05, 0.1) is 0 Å². The van der Waals surface area contributed by atoms with Gasteiger partial charge in [0.1, 0.15) is 0 Å². The Morgan fingerprint density at radius 3 is 2.57 bits per heavy atom. The van der Waals surface area contributed by atoms with Crippen LogP contribution in [0.3, 0.4) is 0 Å². The number of hydrogen-bond donors (Lipinski definition) is 2. The van der Waals surface area contributed by atoms with Crippen molar-refractivity contribution < 1.29 is 0 Å². The maximum absolute atomic E-state index is 5.53. The lowest BCUT2D eigenvalue weighted by molar-refractivity contribution is 0.472. The first-order valence-electron chi connectivity index (χ1n) is 5.34. The van der Waals surface area contributed by atoms with E-state index in [2.05, 4.69) is 36.5 Å². The van der Waals surface area contributed by atoms with Crippen LogP contribution in [0.4, 0.5) is 0 Å². The molecule has 0 heterocycles. The lowest BCUT2D eigenvalue weighted by Crippen LogP contribution is -2.30. The van der Waals surface area contributed by atoms with Gasteiger partial charge in [0, 0.05) is 12.6 Å². The largest absolute Gasteiger partial charge is 0.330 e. The average Bonchev–Trinajstić information content (AvgIpc) is 2.25. The highest BCUT2D eigenvalue weighted by molar-refractivity contribution is 5.14. The van der Waals surface area contributed by atoms with Gasteiger partial charge in [0.15, 0.2) is 0 Å². The van der Waals surface area contributed by atoms with Crippen LogP contribution in [0.15, 0.2) is 30.3 Å². The number of nitrogens with two attached hydrogens (primary N) is 1. The van der Waals surface area contributed by atoms with Crippen LogP contribution < -0.4 is 11.1 Å². The molecule has 1 aromatic rings. The highest BCUT2D eigenvalue weighted by Crippen LogP contribution is 2.01. The van der Waals surface area contributed by atoms with Crippen LogP contribution in [0.2, 0.25) is 0 Å². The van der Waals surface area contributed by atoms with E-state index in [1.807, 2.05) is 6.07 Å². The lowest BCUT2D eigenvalue weighted by atomic mass is 10.1. The molecule has 0 spiro atoms. The highest BCUT2D eigenvalue weighted by atomic mass is 14.9. The first-order valence-corrected chi connectivity index (χ1v) is 5.34. The molecule has 1 unspecified atom stereocenters. The van der Waals surface area contributed by atoms with E-state index in [0.717, 1.165) is 25.9 Å². The van der Waals surface area contributed by atoms with Crippen molar-refractivity contribution in [3.63, 3.8) is 0 Å². The standard InChI is InChI=1S/C12H20N2/c1-2-12(8-9-13)14-10-11-6-4-3-5-7-11/h3-7,12,14H,2,8-10,13H2,1H3. The van der Waals surface area contributed by atoms with Crippen molar-refractivity contribution in [3.05, 3.63) is 35.9 Å². The van der Waals surface area contributed by atoms with E-state index in [-0.39, 0.29) is 0 Å². The quantitative estimate of drug-likeness (QED) is 0.722. The molecular formula is C12H20N2. The van der Waals surface area contributed by atoms with E-state index < -0.39 is 0 Å². The minimum atomic E-state index is 0.556. The minimum absolute atomic E-state index is 0.556. The third kappa shape index (κ3) is 3.90. The molecule has 0 aliphatic rings. The molecular weight excluding hydrogens is 172 g/mol. The zero-order chi connectivity index (χ0) is 10.2. The first-order chi connectivity index (χ1) is 6.86. The summed E-state index contributed by atoms with van der Waals surface area (Å²) >= 11 is 0. The summed E-state index contributed by atoms with van der Waals surface area (Å²) in [5.74, 6) is 0. The molecule has 0 aromatic heterocycles. The van der Waals surface area contributed by atoms with Gasteiger partial charge in [-0.2, -0.15) is 0 Å². The van der Waals surface area contributed by atoms with E-state index >= 15 is 0 Å². The van der Waals surface area contributed by atoms with Crippen LogP contribution in [0.25, 0.3) is 0 Å². The Bertz CT molecular complexity index is 233. The maximum Gasteiger partial charge on any atom is 0.0208 e. The molecule has 0 aliphatic heterocycles. The summed E-state index contributed by atoms with van der Waals surface area (Å²) in [6, 6.07) is 11.0. The van der Waals surface area contributed by atoms with Crippen LogP contribution in [0.1, 0.15) is 25.3 Å². The topological polar surface area (TPSA) is 38.0 Å². The van der Waals surface area contributed by atoms with Crippen LogP contribution >= 0.6 is 0 Å². The molecule has 2 nitrogen and oxygen atoms in total. The fourth-order valence-electron chi connectivity index (χ4n) is 1.51. The van der Waals surface area contributed by atoms with Crippen molar-refractivity contribution >= 4 is 0 Å². The normalized spacial score (nSPS) is 12.7. The van der Waals surface area contributed by atoms with Gasteiger partial charge in [-0.1, -0.05) is 37.3 Å². The van der Waals surface area contributed by atoms with E-state index in [0.29, 0.717) is 6.04 Å². The van der Waals surface area contributed by atoms with Gasteiger partial charge < -0.3 is 11.1 Å². The lowest BCUT2D eigenvalue weighted by Gasteiger charge is -2.15. The van der Waals surface area contributed by atoms with E-state index in [9.17, 15) is 0 Å². The predicted octanol–water partition coefficient (Wildman–Crippen LogP) is 1.90. The average molecular weight is 192 g/mol. The molecule has 2 heteroatoms. The van der Waals surface area contributed by atoms with E-state index in [1.165, 1.54) is 5.56 Å². The van der Waals surface area contributed by atoms with Gasteiger partial charge >= 0.3 is 0 Å². The highest BCUT2D eigenvalue weighted by Gasteiger charge is 2.03. The SMILES string of the molecule is CCC(CCN)NCc1ccccc1. The summed E-state index contributed by atoms with van der Waals surface area (Å²) in [4.78, 5) is 0. The Morgan fingerprint density at radius 1 is 1.29 bits per heavy atom. The van der Waals surface area contributed by atoms with Gasteiger partial charge in [-0.3, -0.25) is 0 Å². The Labute approximate surface area is 86.5 Å². The van der Waals surface area contributed by atoms with E-state index in [1.54, 1.807) is 0 Å². The van der Waals surface area contributed by atoms with Gasteiger partial charge in [-0.25, -0.2) is 0 Å². The Morgan fingerprint density at radius 2 is 2.00 bits per heavy atom. The molecule has 0 aliphatic carbocycles. The molecule has 14 heavy (non-hydrogen) atoms. The monoisotopic (exact) mass is 192 g/mol. The van der Waals surface area contributed by atoms with Crippen LogP contribution in [0, 0.1) is 0 Å². The minimum Gasteiger partial charge on any atom is -0.330 e. The molecule has 0 saturated heterocycles. The number of nitrogens with one attached hydrogen (secondary N) is 1. The van der Waals surface area contributed by atoms with Crippen molar-refractivity contribution in [3.8, 4) is 0 Å². The summed E-state index contributed by atoms with van der Waals surface area (Å²) in [6.45, 7) is 3.90. The summed E-state index contributed by atoms with van der Waals surface area (Å²) in [5.41, 5.74) is 6.87. The zero-order valence-corrected chi connectivity index (χ0v) is 8.87. The Kier molecular flexibility index (Phi) is 5.27. The van der Waals surface area contributed by atoms with Crippen LogP contribution in [-0.4, -0.2) is 12.6 Å². The molecule has 0 amide bonds. The molecule has 0 fully saturated rings. The van der Waals surface area contributed by atoms with E-state index in [4.69, 9.17) is 5.73 Å². The molecule has 3 N–H and O–H groups in total. The van der Waals surface area contributed by atoms with Gasteiger partial charge in [-0.05, 0) is 24.9 Å². The summed E-state index contributed by atoms with van der Waals surface area (Å²) < 4.78 is 0. The van der Waals surface area contributed by atoms with Gasteiger partial charge in [-0.15, -0.1) is 0 Å². The maximum atomic E-state index is 5.53. The van der Waals surface area contributed by atoms with Gasteiger partial charge in [0.2, 0.25) is 0 Å². The third-order valence-corrected chi connectivity index (χ3v) is 2.45. The Balaban J connectivity index is 2.32. The number of benzene rings is 1. The second-order valence-electron chi connectivity index (χ2n) is 3.55. The molecule has 0 saturated carbocycles. The second kappa shape index (κ2) is 6.57. The summed E-state index contributed by atoms with van der Waals surface area (Å²) in [6.07, 6.45) is 2.20. The van der Waals surface area contributed by atoms with Gasteiger partial charge in [0.25, 0.3) is 0 Å². The third-order valence-electron chi connectivity index (χ3n) is 2.45. The molecule has 0 bridgehead atoms. The molecule has 1 aromatic carbocycles. The number of rotatable bonds is 6. The molecule has 78 valence electrons. The smallest absolute Gasteiger partial charge is 0.0208 e. The predicted molar refractivity (Wildman–Crippen MR) is 61.0 cm³/mol. The number of hydrogen-bond acceptors (Lipinski definition) is 2. The van der Waals surface area contributed by atoms with Crippen molar-refractivity contribution in [1.29, 1.82) is 0 Å². The summed E-state index contributed by atoms with van der Waals surface area (Å²) in [5, 5.41) is 3.51. The Hall–Kier alpha value is -0.860. The van der Waals surface area contributed by atoms with Crippen LogP contribution in [-0.2, 0) is 6.54 Å². The molecule has 1 atom stereocenters. The molecule has 0 radical (unpaired) electrons. The zero-order valence-electron chi connectivity index (χ0n) is 8.87. The van der Waals surface area contributed by atoms with Crippen molar-refractivity contribution in [2.24, 2.45) is 5.73 Å². The molecule has 1 rings (SSSR count). The van der Waals surface area contributed by atoms with Crippen LogP contribution in [0.5, 0.6) is 0 Å². The van der Waals surface area contributed by atoms with Crippen molar-refractivity contribution in [2.45, 2.75) is 32.4 Å². The van der Waals surface area contributed by atoms with Crippen molar-refractivity contribution in [2.75, 3.05) is 6.54 Å². The van der Waals surface area contributed by atoms with Crippen molar-refractivity contribution in [1.82, 2.24) is 5.32 Å². The fraction of sp³-hybridized carbons (Fsp3) is 0.500. The summed E-state index contributed by atoms with van der Waals surface area (Å²) in [7, 11) is 0.